The van der Waals surface area contributed by atoms with Gasteiger partial charge in [-0.05, 0) is 37.3 Å². The molecule has 0 spiro atoms. The number of carbonyl (C=O) groups is 1. The summed E-state index contributed by atoms with van der Waals surface area (Å²) in [7, 11) is 0. The molecule has 1 aromatic carbocycles. The molecular weight excluding hydrogens is 264 g/mol. The second-order valence-electron chi connectivity index (χ2n) is 3.60. The van der Waals surface area contributed by atoms with E-state index in [4.69, 9.17) is 12.2 Å². The maximum Gasteiger partial charge on any atom is 0.248 e. The highest BCUT2D eigenvalue weighted by Gasteiger charge is 2.01. The SMILES string of the molecule is C/C=C/C=C/C(=O)Nc1ccc2[nH]c(=S)sc2c1. The van der Waals surface area contributed by atoms with Crippen molar-refractivity contribution in [2.75, 3.05) is 5.32 Å². The van der Waals surface area contributed by atoms with Gasteiger partial charge in [0.25, 0.3) is 0 Å². The van der Waals surface area contributed by atoms with E-state index in [-0.39, 0.29) is 5.91 Å². The fourth-order valence-electron chi connectivity index (χ4n) is 1.46. The molecule has 1 aromatic heterocycles. The highest BCUT2D eigenvalue weighted by atomic mass is 32.1. The van der Waals surface area contributed by atoms with Crippen molar-refractivity contribution in [2.24, 2.45) is 0 Å². The molecule has 0 unspecified atom stereocenters. The van der Waals surface area contributed by atoms with Crippen molar-refractivity contribution in [2.45, 2.75) is 6.92 Å². The Bertz CT molecular complexity index is 680. The molecular formula is C13H12N2OS2. The highest BCUT2D eigenvalue weighted by Crippen LogP contribution is 2.23. The summed E-state index contributed by atoms with van der Waals surface area (Å²) in [5, 5.41) is 2.80. The number of carbonyl (C=O) groups excluding carboxylic acids is 1. The van der Waals surface area contributed by atoms with Gasteiger partial charge in [0.1, 0.15) is 0 Å². The van der Waals surface area contributed by atoms with Gasteiger partial charge in [-0.3, -0.25) is 4.79 Å². The average Bonchev–Trinajstić information content (AvgIpc) is 2.69. The number of anilines is 1. The maximum atomic E-state index is 11.6. The Morgan fingerprint density at radius 3 is 3.06 bits per heavy atom. The molecule has 5 heteroatoms. The molecule has 0 aliphatic heterocycles. The molecule has 0 fully saturated rings. The van der Waals surface area contributed by atoms with Crippen LogP contribution >= 0.6 is 23.6 Å². The number of hydrogen-bond acceptors (Lipinski definition) is 3. The minimum absolute atomic E-state index is 0.147. The summed E-state index contributed by atoms with van der Waals surface area (Å²) in [5.41, 5.74) is 1.76. The van der Waals surface area contributed by atoms with E-state index in [0.717, 1.165) is 19.9 Å². The first kappa shape index (κ1) is 12.7. The van der Waals surface area contributed by atoms with Gasteiger partial charge in [-0.1, -0.05) is 18.2 Å². The number of fused-ring (bicyclic) bond motifs is 1. The molecule has 0 radical (unpaired) electrons. The Kier molecular flexibility index (Phi) is 4.07. The van der Waals surface area contributed by atoms with Crippen LogP contribution in [0.15, 0.2) is 42.5 Å². The monoisotopic (exact) mass is 276 g/mol. The van der Waals surface area contributed by atoms with Gasteiger partial charge in [0.15, 0.2) is 3.95 Å². The number of nitrogens with one attached hydrogen (secondary N) is 2. The Labute approximate surface area is 114 Å². The number of aromatic amines is 1. The number of aromatic nitrogens is 1. The molecule has 1 amide bonds. The van der Waals surface area contributed by atoms with Crippen LogP contribution in [0, 0.1) is 3.95 Å². The number of H-pyrrole nitrogens is 1. The first-order chi connectivity index (χ1) is 8.69. The van der Waals surface area contributed by atoms with Crippen LogP contribution in [-0.4, -0.2) is 10.9 Å². The lowest BCUT2D eigenvalue weighted by Gasteiger charge is -2.01. The third-order valence-electron chi connectivity index (χ3n) is 2.24. The molecule has 0 saturated carbocycles. The minimum Gasteiger partial charge on any atom is -0.337 e. The average molecular weight is 276 g/mol. The normalized spacial score (nSPS) is 11.6. The zero-order chi connectivity index (χ0) is 13.0. The summed E-state index contributed by atoms with van der Waals surface area (Å²) in [6.45, 7) is 1.90. The van der Waals surface area contributed by atoms with Crippen molar-refractivity contribution in [3.63, 3.8) is 0 Å². The zero-order valence-electron chi connectivity index (χ0n) is 9.77. The number of amides is 1. The number of thiazole rings is 1. The quantitative estimate of drug-likeness (QED) is 0.505. The van der Waals surface area contributed by atoms with E-state index in [1.807, 2.05) is 31.2 Å². The van der Waals surface area contributed by atoms with Gasteiger partial charge in [-0.2, -0.15) is 0 Å². The van der Waals surface area contributed by atoms with Crippen LogP contribution in [0.2, 0.25) is 0 Å². The van der Waals surface area contributed by atoms with Crippen LogP contribution in [0.5, 0.6) is 0 Å². The zero-order valence-corrected chi connectivity index (χ0v) is 11.4. The van der Waals surface area contributed by atoms with Crippen LogP contribution in [-0.2, 0) is 4.79 Å². The van der Waals surface area contributed by atoms with Gasteiger partial charge in [-0.25, -0.2) is 0 Å². The summed E-state index contributed by atoms with van der Waals surface area (Å²) in [5.74, 6) is -0.147. The van der Waals surface area contributed by atoms with Gasteiger partial charge in [0.05, 0.1) is 10.2 Å². The molecule has 3 nitrogen and oxygen atoms in total. The minimum atomic E-state index is -0.147. The van der Waals surface area contributed by atoms with Gasteiger partial charge in [-0.15, -0.1) is 11.3 Å². The van der Waals surface area contributed by atoms with Crippen molar-refractivity contribution in [3.8, 4) is 0 Å². The van der Waals surface area contributed by atoms with Gasteiger partial charge >= 0.3 is 0 Å². The lowest BCUT2D eigenvalue weighted by Crippen LogP contribution is -2.07. The predicted molar refractivity (Wildman–Crippen MR) is 79.6 cm³/mol. The Morgan fingerprint density at radius 2 is 2.28 bits per heavy atom. The molecule has 0 bridgehead atoms. The summed E-state index contributed by atoms with van der Waals surface area (Å²) in [6.07, 6.45) is 6.86. The summed E-state index contributed by atoms with van der Waals surface area (Å²) >= 11 is 6.57. The second kappa shape index (κ2) is 5.75. The van der Waals surface area contributed by atoms with E-state index in [0.29, 0.717) is 0 Å². The fourth-order valence-corrected chi connectivity index (χ4v) is 2.62. The number of benzene rings is 1. The van der Waals surface area contributed by atoms with E-state index < -0.39 is 0 Å². The first-order valence-electron chi connectivity index (χ1n) is 5.42. The second-order valence-corrected chi connectivity index (χ2v) is 5.32. The van der Waals surface area contributed by atoms with Gasteiger partial charge in [0.2, 0.25) is 5.91 Å². The van der Waals surface area contributed by atoms with Gasteiger partial charge < -0.3 is 10.3 Å². The van der Waals surface area contributed by atoms with Crippen LogP contribution in [0.25, 0.3) is 10.2 Å². The number of hydrogen-bond donors (Lipinski definition) is 2. The molecule has 92 valence electrons. The third kappa shape index (κ3) is 3.15. The van der Waals surface area contributed by atoms with Crippen molar-refractivity contribution in [3.05, 3.63) is 46.5 Å². The third-order valence-corrected chi connectivity index (χ3v) is 3.44. The molecule has 0 aliphatic carbocycles. The largest absolute Gasteiger partial charge is 0.337 e. The molecule has 0 atom stereocenters. The Morgan fingerprint density at radius 1 is 1.44 bits per heavy atom. The highest BCUT2D eigenvalue weighted by molar-refractivity contribution is 7.73. The van der Waals surface area contributed by atoms with E-state index in [1.54, 1.807) is 12.2 Å². The van der Waals surface area contributed by atoms with Crippen molar-refractivity contribution in [1.29, 1.82) is 0 Å². The summed E-state index contributed by atoms with van der Waals surface area (Å²) < 4.78 is 1.77. The van der Waals surface area contributed by atoms with Crippen molar-refractivity contribution in [1.82, 2.24) is 4.98 Å². The Hall–Kier alpha value is -1.72. The number of allylic oxidation sites excluding steroid dienone is 3. The predicted octanol–water partition coefficient (Wildman–Crippen LogP) is 4.03. The smallest absolute Gasteiger partial charge is 0.248 e. The van der Waals surface area contributed by atoms with E-state index in [2.05, 4.69) is 10.3 Å². The van der Waals surface area contributed by atoms with Crippen molar-refractivity contribution < 1.29 is 4.79 Å². The van der Waals surface area contributed by atoms with Gasteiger partial charge in [0, 0.05) is 11.8 Å². The molecule has 2 rings (SSSR count). The van der Waals surface area contributed by atoms with Crippen LogP contribution in [0.3, 0.4) is 0 Å². The summed E-state index contributed by atoms with van der Waals surface area (Å²) in [4.78, 5) is 14.7. The molecule has 18 heavy (non-hydrogen) atoms. The maximum absolute atomic E-state index is 11.6. The first-order valence-corrected chi connectivity index (χ1v) is 6.65. The molecule has 0 saturated heterocycles. The standard InChI is InChI=1S/C13H12N2OS2/c1-2-3-4-5-12(16)14-9-6-7-10-11(8-9)18-13(17)15-10/h2-8H,1H3,(H,14,16)(H,15,17)/b3-2+,5-4+. The molecule has 0 aliphatic rings. The van der Waals surface area contributed by atoms with E-state index in [9.17, 15) is 4.79 Å². The van der Waals surface area contributed by atoms with Crippen molar-refractivity contribution >= 4 is 45.4 Å². The fraction of sp³-hybridized carbons (Fsp3) is 0.0769. The lowest BCUT2D eigenvalue weighted by atomic mass is 10.3. The topological polar surface area (TPSA) is 44.9 Å². The van der Waals surface area contributed by atoms with E-state index in [1.165, 1.54) is 17.4 Å². The Balaban J connectivity index is 2.16. The molecule has 2 N–H and O–H groups in total. The number of rotatable bonds is 3. The summed E-state index contributed by atoms with van der Waals surface area (Å²) in [6, 6.07) is 5.67. The van der Waals surface area contributed by atoms with Crippen LogP contribution in [0.1, 0.15) is 6.92 Å². The van der Waals surface area contributed by atoms with Crippen LogP contribution in [0.4, 0.5) is 5.69 Å². The molecule has 2 aromatic rings. The lowest BCUT2D eigenvalue weighted by molar-refractivity contribution is -0.111. The van der Waals surface area contributed by atoms with E-state index >= 15 is 0 Å². The van der Waals surface area contributed by atoms with Crippen LogP contribution < -0.4 is 5.32 Å². The molecule has 1 heterocycles.